The first-order valence-electron chi connectivity index (χ1n) is 15.2. The first-order valence-corrected chi connectivity index (χ1v) is 15.2. The number of rotatable bonds is 10. The molecular weight excluding hydrogens is 582 g/mol. The Balaban J connectivity index is 1.32. The Morgan fingerprint density at radius 2 is 1.85 bits per heavy atom. The summed E-state index contributed by atoms with van der Waals surface area (Å²) in [5.74, 6) is 1.21. The number of morpholine rings is 1. The normalized spacial score (nSPS) is 16.4. The molecule has 0 radical (unpaired) electrons. The lowest BCUT2D eigenvalue weighted by Gasteiger charge is -2.31. The second kappa shape index (κ2) is 14.2. The van der Waals surface area contributed by atoms with E-state index in [0.29, 0.717) is 49.1 Å². The molecule has 1 unspecified atom stereocenters. The first-order chi connectivity index (χ1) is 22.5. The monoisotopic (exact) mass is 619 g/mol. The fourth-order valence-electron chi connectivity index (χ4n) is 5.69. The Morgan fingerprint density at radius 1 is 1.07 bits per heavy atom. The van der Waals surface area contributed by atoms with E-state index in [2.05, 4.69) is 20.0 Å². The molecule has 3 aromatic carbocycles. The van der Waals surface area contributed by atoms with Crippen molar-refractivity contribution in [2.75, 3.05) is 58.0 Å². The maximum Gasteiger partial charge on any atom is 0.267 e. The lowest BCUT2D eigenvalue weighted by Crippen LogP contribution is -2.38. The molecule has 3 heterocycles. The third-order valence-corrected chi connectivity index (χ3v) is 8.04. The minimum Gasteiger partial charge on any atom is -0.493 e. The van der Waals surface area contributed by atoms with Crippen LogP contribution in [0.3, 0.4) is 0 Å². The van der Waals surface area contributed by atoms with E-state index >= 15 is 0 Å². The molecule has 4 aromatic rings. The summed E-state index contributed by atoms with van der Waals surface area (Å²) in [7, 11) is 1.59. The molecule has 0 saturated carbocycles. The van der Waals surface area contributed by atoms with Crippen LogP contribution in [0.1, 0.15) is 39.4 Å². The summed E-state index contributed by atoms with van der Waals surface area (Å²) in [6.45, 7) is 4.30. The van der Waals surface area contributed by atoms with Crippen molar-refractivity contribution in [1.82, 2.24) is 19.9 Å². The number of amides is 1. The van der Waals surface area contributed by atoms with Crippen LogP contribution in [0.2, 0.25) is 0 Å². The van der Waals surface area contributed by atoms with Gasteiger partial charge in [0.25, 0.3) is 5.91 Å². The maximum absolute atomic E-state index is 13.9. The molecule has 6 rings (SSSR count). The molecule has 4 N–H and O–H groups in total. The fourth-order valence-corrected chi connectivity index (χ4v) is 5.69. The zero-order valence-electron chi connectivity index (χ0n) is 25.7. The van der Waals surface area contributed by atoms with Crippen LogP contribution in [0.4, 0.5) is 11.8 Å². The number of aromatic nitrogens is 2. The van der Waals surface area contributed by atoms with Gasteiger partial charge in [0.05, 0.1) is 26.5 Å². The number of hydrogen-bond donors (Lipinski definition) is 2. The number of nitrogens with zero attached hydrogens (tertiary/aromatic N) is 5. The van der Waals surface area contributed by atoms with Crippen molar-refractivity contribution < 1.29 is 19.0 Å². The summed E-state index contributed by atoms with van der Waals surface area (Å²) in [5, 5.41) is 6.10. The van der Waals surface area contributed by atoms with Crippen molar-refractivity contribution in [1.29, 1.82) is 0 Å². The Bertz CT molecular complexity index is 1740. The van der Waals surface area contributed by atoms with Crippen molar-refractivity contribution in [2.24, 2.45) is 5.10 Å². The summed E-state index contributed by atoms with van der Waals surface area (Å²) < 4.78 is 17.6. The molecule has 2 aliphatic rings. The summed E-state index contributed by atoms with van der Waals surface area (Å²) in [4.78, 5) is 24.4. The molecule has 46 heavy (non-hydrogen) atoms. The van der Waals surface area contributed by atoms with Crippen molar-refractivity contribution in [3.05, 3.63) is 112 Å². The van der Waals surface area contributed by atoms with Crippen LogP contribution < -0.4 is 20.9 Å². The van der Waals surface area contributed by atoms with Gasteiger partial charge in [-0.1, -0.05) is 54.6 Å². The van der Waals surface area contributed by atoms with Crippen LogP contribution >= 0.6 is 0 Å². The summed E-state index contributed by atoms with van der Waals surface area (Å²) in [5.41, 5.74) is 17.1. The van der Waals surface area contributed by atoms with Crippen molar-refractivity contribution in [3.8, 4) is 11.5 Å². The quantitative estimate of drug-likeness (QED) is 0.253. The highest BCUT2D eigenvalue weighted by Gasteiger charge is 2.30. The average molecular weight is 620 g/mol. The molecule has 2 aliphatic heterocycles. The smallest absolute Gasteiger partial charge is 0.267 e. The van der Waals surface area contributed by atoms with E-state index < -0.39 is 0 Å². The third-order valence-electron chi connectivity index (χ3n) is 8.04. The number of fused-ring (bicyclic) bond motifs is 1. The van der Waals surface area contributed by atoms with Gasteiger partial charge in [-0.25, -0.2) is 9.99 Å². The molecule has 0 aliphatic carbocycles. The molecule has 236 valence electrons. The van der Waals surface area contributed by atoms with Gasteiger partial charge in [0.1, 0.15) is 18.5 Å². The molecule has 0 bridgehead atoms. The Morgan fingerprint density at radius 3 is 2.63 bits per heavy atom. The molecule has 1 amide bonds. The molecule has 1 saturated heterocycles. The predicted octanol–water partition coefficient (Wildman–Crippen LogP) is 3.93. The van der Waals surface area contributed by atoms with Gasteiger partial charge in [-0.05, 0) is 34.9 Å². The first kappa shape index (κ1) is 30.8. The van der Waals surface area contributed by atoms with Gasteiger partial charge in [-0.3, -0.25) is 9.69 Å². The van der Waals surface area contributed by atoms with E-state index in [-0.39, 0.29) is 17.9 Å². The highest BCUT2D eigenvalue weighted by Crippen LogP contribution is 2.37. The SMILES string of the molecule is COc1cc(Cc2cnc(N)nc2N)cc(/C=C/C(=O)N2N=Cc3ccccc3C2c2ccccc2)c1OCCN1CCOCC1. The number of anilines is 2. The molecule has 1 fully saturated rings. The highest BCUT2D eigenvalue weighted by atomic mass is 16.5. The number of nitrogen functional groups attached to an aromatic ring is 2. The molecule has 11 nitrogen and oxygen atoms in total. The van der Waals surface area contributed by atoms with Gasteiger partial charge in [-0.2, -0.15) is 10.1 Å². The summed E-state index contributed by atoms with van der Waals surface area (Å²) >= 11 is 0. The number of carbonyl (C=O) groups excluding carboxylic acids is 1. The van der Waals surface area contributed by atoms with Crippen LogP contribution in [0.15, 0.2) is 84.1 Å². The molecular formula is C35H37N7O4. The molecule has 11 heteroatoms. The topological polar surface area (TPSA) is 141 Å². The number of hydrazone groups is 1. The number of carbonyl (C=O) groups is 1. The van der Waals surface area contributed by atoms with E-state index in [1.807, 2.05) is 66.7 Å². The largest absolute Gasteiger partial charge is 0.493 e. The average Bonchev–Trinajstić information content (AvgIpc) is 3.09. The van der Waals surface area contributed by atoms with E-state index in [0.717, 1.165) is 47.5 Å². The summed E-state index contributed by atoms with van der Waals surface area (Å²) in [6, 6.07) is 21.4. The van der Waals surface area contributed by atoms with Gasteiger partial charge in [0, 0.05) is 55.0 Å². The molecule has 1 atom stereocenters. The van der Waals surface area contributed by atoms with Gasteiger partial charge in [0.15, 0.2) is 11.5 Å². The van der Waals surface area contributed by atoms with Crippen molar-refractivity contribution in [3.63, 3.8) is 0 Å². The van der Waals surface area contributed by atoms with E-state index in [1.54, 1.807) is 25.6 Å². The van der Waals surface area contributed by atoms with Crippen LogP contribution in [-0.2, 0) is 16.0 Å². The summed E-state index contributed by atoms with van der Waals surface area (Å²) in [6.07, 6.45) is 7.04. The highest BCUT2D eigenvalue weighted by molar-refractivity contribution is 5.95. The van der Waals surface area contributed by atoms with Gasteiger partial charge in [-0.15, -0.1) is 0 Å². The van der Waals surface area contributed by atoms with E-state index in [4.69, 9.17) is 25.7 Å². The third kappa shape index (κ3) is 7.01. The number of benzene rings is 3. The van der Waals surface area contributed by atoms with Gasteiger partial charge in [0.2, 0.25) is 5.95 Å². The van der Waals surface area contributed by atoms with E-state index in [9.17, 15) is 4.79 Å². The Labute approximate surface area is 268 Å². The number of ether oxygens (including phenoxy) is 3. The minimum absolute atomic E-state index is 0.113. The second-order valence-electron chi connectivity index (χ2n) is 11.0. The van der Waals surface area contributed by atoms with Gasteiger partial charge < -0.3 is 25.7 Å². The van der Waals surface area contributed by atoms with Crippen molar-refractivity contribution >= 4 is 30.0 Å². The maximum atomic E-state index is 13.9. The van der Waals surface area contributed by atoms with Crippen LogP contribution in [0.5, 0.6) is 11.5 Å². The Kier molecular flexibility index (Phi) is 9.51. The van der Waals surface area contributed by atoms with Crippen LogP contribution in [0.25, 0.3) is 6.08 Å². The van der Waals surface area contributed by atoms with Crippen LogP contribution in [0, 0.1) is 0 Å². The Hall–Kier alpha value is -5.26. The zero-order valence-corrected chi connectivity index (χ0v) is 25.7. The zero-order chi connectivity index (χ0) is 31.9. The fraction of sp³-hybridized carbons (Fsp3) is 0.257. The van der Waals surface area contributed by atoms with Crippen LogP contribution in [-0.4, -0.2) is 78.6 Å². The number of hydrogen-bond acceptors (Lipinski definition) is 10. The predicted molar refractivity (Wildman–Crippen MR) is 178 cm³/mol. The number of nitrogens with two attached hydrogens (primary N) is 2. The van der Waals surface area contributed by atoms with Gasteiger partial charge >= 0.3 is 0 Å². The standard InChI is InChI=1S/C35H37N7O4/c1-44-30-21-24(20-28-22-38-35(37)40-34(28)36)19-26(33(30)46-18-15-41-13-16-45-17-14-41)11-12-31(43)42-32(25-7-3-2-4-8-25)29-10-6-5-9-27(29)23-39-42/h2-12,19,21-23,32H,13-18,20H2,1H3,(H4,36,37,38,40)/b12-11+. The second-order valence-corrected chi connectivity index (χ2v) is 11.0. The molecule has 1 aromatic heterocycles. The lowest BCUT2D eigenvalue weighted by atomic mass is 9.93. The van der Waals surface area contributed by atoms with E-state index in [1.165, 1.54) is 11.1 Å². The van der Waals surface area contributed by atoms with Crippen molar-refractivity contribution in [2.45, 2.75) is 12.5 Å². The lowest BCUT2D eigenvalue weighted by molar-refractivity contribution is -0.127. The number of methoxy groups -OCH3 is 1. The molecule has 0 spiro atoms. The minimum atomic E-state index is -0.377.